The first-order valence-electron chi connectivity index (χ1n) is 9.53. The van der Waals surface area contributed by atoms with Gasteiger partial charge in [-0.1, -0.05) is 62.4 Å². The quantitative estimate of drug-likeness (QED) is 0.478. The fraction of sp³-hybridized carbons (Fsp3) is 0.304. The van der Waals surface area contributed by atoms with Crippen molar-refractivity contribution >= 4 is 28.4 Å². The minimum Gasteiger partial charge on any atom is -0.339 e. The summed E-state index contributed by atoms with van der Waals surface area (Å²) in [5.41, 5.74) is 4.09. The lowest BCUT2D eigenvalue weighted by Gasteiger charge is -2.25. The number of fused-ring (bicyclic) bond motifs is 1. The molecule has 0 unspecified atom stereocenters. The van der Waals surface area contributed by atoms with Crippen molar-refractivity contribution in [3.8, 4) is 11.1 Å². The van der Waals surface area contributed by atoms with Crippen molar-refractivity contribution in [2.24, 2.45) is 0 Å². The number of aromatic nitrogens is 1. The first kappa shape index (κ1) is 19.4. The smallest absolute Gasteiger partial charge is 0.256 e. The second-order valence-electron chi connectivity index (χ2n) is 6.62. The Morgan fingerprint density at radius 2 is 1.59 bits per heavy atom. The van der Waals surface area contributed by atoms with E-state index >= 15 is 0 Å². The third-order valence-corrected chi connectivity index (χ3v) is 4.90. The number of carbonyl (C=O) groups excluding carboxylic acids is 1. The molecule has 0 aliphatic carbocycles. The number of alkyl halides is 1. The highest BCUT2D eigenvalue weighted by Crippen LogP contribution is 2.34. The van der Waals surface area contributed by atoms with Gasteiger partial charge in [0, 0.05) is 24.0 Å². The van der Waals surface area contributed by atoms with Crippen molar-refractivity contribution in [1.82, 2.24) is 9.88 Å². The highest BCUT2D eigenvalue weighted by atomic mass is 35.5. The van der Waals surface area contributed by atoms with Gasteiger partial charge >= 0.3 is 0 Å². The van der Waals surface area contributed by atoms with Gasteiger partial charge in [-0.3, -0.25) is 9.78 Å². The van der Waals surface area contributed by atoms with E-state index in [1.165, 1.54) is 0 Å². The van der Waals surface area contributed by atoms with Crippen LogP contribution in [0.4, 0.5) is 0 Å². The summed E-state index contributed by atoms with van der Waals surface area (Å²) in [6, 6.07) is 18.0. The van der Waals surface area contributed by atoms with Crippen LogP contribution in [0.15, 0.2) is 54.6 Å². The number of hydrogen-bond donors (Lipinski definition) is 0. The van der Waals surface area contributed by atoms with Gasteiger partial charge in [0.25, 0.3) is 5.91 Å². The van der Waals surface area contributed by atoms with E-state index in [4.69, 9.17) is 16.6 Å². The Hall–Kier alpha value is -2.39. The summed E-state index contributed by atoms with van der Waals surface area (Å²) in [6.45, 7) is 5.65. The van der Waals surface area contributed by atoms with Gasteiger partial charge < -0.3 is 4.90 Å². The van der Waals surface area contributed by atoms with Crippen molar-refractivity contribution in [2.75, 3.05) is 13.1 Å². The SMILES string of the molecule is CCCN(CCC)C(=O)c1c(CCl)nc2ccccc2c1-c1ccccc1. The maximum atomic E-state index is 13.6. The number of halogens is 1. The van der Waals surface area contributed by atoms with Gasteiger partial charge in [-0.2, -0.15) is 0 Å². The third kappa shape index (κ3) is 3.98. The Balaban J connectivity index is 2.31. The Bertz CT molecular complexity index is 918. The van der Waals surface area contributed by atoms with Gasteiger partial charge in [-0.05, 0) is 24.5 Å². The molecule has 140 valence electrons. The largest absolute Gasteiger partial charge is 0.339 e. The molecule has 0 saturated carbocycles. The van der Waals surface area contributed by atoms with E-state index in [0.29, 0.717) is 11.3 Å². The molecule has 3 aromatic rings. The third-order valence-electron chi connectivity index (χ3n) is 4.64. The highest BCUT2D eigenvalue weighted by molar-refractivity contribution is 6.19. The lowest BCUT2D eigenvalue weighted by molar-refractivity contribution is 0.0755. The Morgan fingerprint density at radius 1 is 0.963 bits per heavy atom. The number of amides is 1. The average molecular weight is 381 g/mol. The van der Waals surface area contributed by atoms with Gasteiger partial charge in [-0.15, -0.1) is 11.6 Å². The number of hydrogen-bond acceptors (Lipinski definition) is 2. The number of pyridine rings is 1. The summed E-state index contributed by atoms with van der Waals surface area (Å²) in [7, 11) is 0. The lowest BCUT2D eigenvalue weighted by atomic mass is 9.93. The standard InChI is InChI=1S/C23H25ClN2O/c1-3-14-26(15-4-2)23(27)22-20(16-24)25-19-13-9-8-12-18(19)21(22)17-10-6-5-7-11-17/h5-13H,3-4,14-16H2,1-2H3. The Morgan fingerprint density at radius 3 is 2.22 bits per heavy atom. The lowest BCUT2D eigenvalue weighted by Crippen LogP contribution is -2.33. The molecule has 3 rings (SSSR count). The summed E-state index contributed by atoms with van der Waals surface area (Å²) in [5, 5.41) is 0.980. The molecule has 2 aromatic carbocycles. The summed E-state index contributed by atoms with van der Waals surface area (Å²) in [6.07, 6.45) is 1.84. The van der Waals surface area contributed by atoms with Gasteiger partial charge in [0.15, 0.2) is 0 Å². The first-order chi connectivity index (χ1) is 13.2. The van der Waals surface area contributed by atoms with E-state index in [0.717, 1.165) is 48.0 Å². The molecule has 3 nitrogen and oxygen atoms in total. The summed E-state index contributed by atoms with van der Waals surface area (Å²) < 4.78 is 0. The van der Waals surface area contributed by atoms with Crippen LogP contribution in [0, 0.1) is 0 Å². The second kappa shape index (κ2) is 9.01. The molecule has 0 spiro atoms. The van der Waals surface area contributed by atoms with E-state index in [-0.39, 0.29) is 11.8 Å². The first-order valence-corrected chi connectivity index (χ1v) is 10.1. The van der Waals surface area contributed by atoms with E-state index in [9.17, 15) is 4.79 Å². The molecule has 0 atom stereocenters. The monoisotopic (exact) mass is 380 g/mol. The Kier molecular flexibility index (Phi) is 6.46. The molecule has 0 aliphatic heterocycles. The molecular formula is C23H25ClN2O. The normalized spacial score (nSPS) is 10.9. The molecule has 0 saturated heterocycles. The van der Waals surface area contributed by atoms with Gasteiger partial charge in [0.2, 0.25) is 0 Å². The fourth-order valence-corrected chi connectivity index (χ4v) is 3.70. The molecule has 1 aromatic heterocycles. The van der Waals surface area contributed by atoms with E-state index in [1.807, 2.05) is 59.5 Å². The summed E-state index contributed by atoms with van der Waals surface area (Å²) in [4.78, 5) is 20.2. The van der Waals surface area contributed by atoms with Crippen molar-refractivity contribution < 1.29 is 4.79 Å². The molecule has 27 heavy (non-hydrogen) atoms. The maximum Gasteiger partial charge on any atom is 0.256 e. The fourth-order valence-electron chi connectivity index (χ4n) is 3.51. The predicted octanol–water partition coefficient (Wildman–Crippen LogP) is 5.90. The number of nitrogens with zero attached hydrogens (tertiary/aromatic N) is 2. The van der Waals surface area contributed by atoms with E-state index < -0.39 is 0 Å². The molecular weight excluding hydrogens is 356 g/mol. The number of para-hydroxylation sites is 1. The van der Waals surface area contributed by atoms with Crippen LogP contribution >= 0.6 is 11.6 Å². The molecule has 1 heterocycles. The molecule has 0 aliphatic rings. The van der Waals surface area contributed by atoms with E-state index in [2.05, 4.69) is 13.8 Å². The van der Waals surface area contributed by atoms with E-state index in [1.54, 1.807) is 0 Å². The zero-order chi connectivity index (χ0) is 19.2. The zero-order valence-corrected chi connectivity index (χ0v) is 16.7. The van der Waals surface area contributed by atoms with Crippen molar-refractivity contribution in [2.45, 2.75) is 32.6 Å². The number of carbonyl (C=O) groups is 1. The van der Waals surface area contributed by atoms with Gasteiger partial charge in [0.1, 0.15) is 0 Å². The molecule has 1 amide bonds. The van der Waals surface area contributed by atoms with Crippen LogP contribution in [0.1, 0.15) is 42.7 Å². The highest BCUT2D eigenvalue weighted by Gasteiger charge is 2.25. The summed E-state index contributed by atoms with van der Waals surface area (Å²) >= 11 is 6.26. The van der Waals surface area contributed by atoms with Gasteiger partial charge in [0.05, 0.1) is 22.7 Å². The molecule has 0 fully saturated rings. The second-order valence-corrected chi connectivity index (χ2v) is 6.88. The average Bonchev–Trinajstić information content (AvgIpc) is 2.72. The zero-order valence-electron chi connectivity index (χ0n) is 15.9. The predicted molar refractivity (Wildman–Crippen MR) is 113 cm³/mol. The summed E-state index contributed by atoms with van der Waals surface area (Å²) in [5.74, 6) is 0.226. The van der Waals surface area contributed by atoms with Crippen molar-refractivity contribution in [1.29, 1.82) is 0 Å². The Labute approximate surface area is 166 Å². The van der Waals surface area contributed by atoms with Crippen LogP contribution in [0.5, 0.6) is 0 Å². The molecule has 0 bridgehead atoms. The topological polar surface area (TPSA) is 33.2 Å². The molecule has 4 heteroatoms. The van der Waals surface area contributed by atoms with Crippen LogP contribution in [0.25, 0.3) is 22.0 Å². The van der Waals surface area contributed by atoms with Gasteiger partial charge in [-0.25, -0.2) is 0 Å². The van der Waals surface area contributed by atoms with Crippen LogP contribution in [0.2, 0.25) is 0 Å². The number of benzene rings is 2. The van der Waals surface area contributed by atoms with Crippen molar-refractivity contribution in [3.05, 3.63) is 65.9 Å². The number of rotatable bonds is 7. The van der Waals surface area contributed by atoms with Crippen LogP contribution in [-0.2, 0) is 5.88 Å². The van der Waals surface area contributed by atoms with Crippen LogP contribution in [0.3, 0.4) is 0 Å². The molecule has 0 radical (unpaired) electrons. The minimum atomic E-state index is 0.0199. The van der Waals surface area contributed by atoms with Crippen molar-refractivity contribution in [3.63, 3.8) is 0 Å². The van der Waals surface area contributed by atoms with Crippen LogP contribution in [-0.4, -0.2) is 28.9 Å². The molecule has 0 N–H and O–H groups in total. The minimum absolute atomic E-state index is 0.0199. The van der Waals surface area contributed by atoms with Crippen LogP contribution < -0.4 is 0 Å². The maximum absolute atomic E-state index is 13.6.